The highest BCUT2D eigenvalue weighted by Crippen LogP contribution is 2.22. The van der Waals surface area contributed by atoms with E-state index < -0.39 is 23.2 Å². The fraction of sp³-hybridized carbons (Fsp3) is 0.263. The molecule has 0 aliphatic heterocycles. The molecule has 1 amide bonds. The fourth-order valence-electron chi connectivity index (χ4n) is 2.33. The summed E-state index contributed by atoms with van der Waals surface area (Å²) in [6.45, 7) is 1.56. The Hall–Kier alpha value is -2.96. The molecule has 0 heterocycles. The van der Waals surface area contributed by atoms with Crippen LogP contribution in [0.2, 0.25) is 0 Å². The van der Waals surface area contributed by atoms with Crippen LogP contribution in [0.4, 0.5) is 8.78 Å². The predicted molar refractivity (Wildman–Crippen MR) is 90.7 cm³/mol. The monoisotopic (exact) mass is 363 g/mol. The average Bonchev–Trinajstić information content (AvgIpc) is 2.60. The molecule has 0 aromatic heterocycles. The zero-order valence-electron chi connectivity index (χ0n) is 14.2. The number of halogens is 2. The number of amides is 1. The molecule has 0 fully saturated rings. The van der Waals surface area contributed by atoms with Crippen molar-refractivity contribution in [3.05, 3.63) is 65.7 Å². The molecular formula is C19H19F2NO4. The lowest BCUT2D eigenvalue weighted by Crippen LogP contribution is -2.49. The van der Waals surface area contributed by atoms with Crippen molar-refractivity contribution < 1.29 is 28.2 Å². The Bertz CT molecular complexity index is 762. The van der Waals surface area contributed by atoms with Crippen molar-refractivity contribution >= 4 is 11.9 Å². The Labute approximate surface area is 149 Å². The SMILES string of the molecule is CC(NC(=O)CCCOc1ccc(F)cc1)(C(=O)O)c1ccc(F)cc1. The number of hydrogen-bond acceptors (Lipinski definition) is 3. The Kier molecular flexibility index (Phi) is 6.27. The molecular weight excluding hydrogens is 344 g/mol. The van der Waals surface area contributed by atoms with E-state index in [1.807, 2.05) is 0 Å². The fourth-order valence-corrected chi connectivity index (χ4v) is 2.33. The van der Waals surface area contributed by atoms with Crippen LogP contribution in [0.15, 0.2) is 48.5 Å². The highest BCUT2D eigenvalue weighted by Gasteiger charge is 2.36. The summed E-state index contributed by atoms with van der Waals surface area (Å²) in [6.07, 6.45) is 0.396. The molecule has 2 aromatic rings. The van der Waals surface area contributed by atoms with E-state index in [2.05, 4.69) is 5.32 Å². The summed E-state index contributed by atoms with van der Waals surface area (Å²) < 4.78 is 31.2. The third-order valence-electron chi connectivity index (χ3n) is 3.87. The van der Waals surface area contributed by atoms with Crippen molar-refractivity contribution in [2.24, 2.45) is 0 Å². The third-order valence-corrected chi connectivity index (χ3v) is 3.87. The summed E-state index contributed by atoms with van der Waals surface area (Å²) in [5, 5.41) is 12.0. The smallest absolute Gasteiger partial charge is 0.333 e. The lowest BCUT2D eigenvalue weighted by molar-refractivity contribution is -0.147. The normalized spacial score (nSPS) is 12.9. The van der Waals surface area contributed by atoms with Crippen molar-refractivity contribution in [3.63, 3.8) is 0 Å². The van der Waals surface area contributed by atoms with Crippen LogP contribution in [-0.2, 0) is 15.1 Å². The minimum atomic E-state index is -1.66. The van der Waals surface area contributed by atoms with Gasteiger partial charge >= 0.3 is 5.97 Å². The first-order chi connectivity index (χ1) is 12.3. The average molecular weight is 363 g/mol. The largest absolute Gasteiger partial charge is 0.494 e. The summed E-state index contributed by atoms with van der Waals surface area (Å²) in [7, 11) is 0. The van der Waals surface area contributed by atoms with Gasteiger partial charge in [0.25, 0.3) is 0 Å². The van der Waals surface area contributed by atoms with Crippen LogP contribution in [0.1, 0.15) is 25.3 Å². The van der Waals surface area contributed by atoms with Crippen LogP contribution in [0, 0.1) is 11.6 Å². The van der Waals surface area contributed by atoms with E-state index in [1.54, 1.807) is 0 Å². The third kappa shape index (κ3) is 5.02. The van der Waals surface area contributed by atoms with Gasteiger partial charge in [0.15, 0.2) is 5.54 Å². The maximum absolute atomic E-state index is 13.0. The standard InChI is InChI=1S/C19H19F2NO4/c1-19(18(24)25,13-4-6-14(20)7-5-13)22-17(23)3-2-12-26-16-10-8-15(21)9-11-16/h4-11H,2-3,12H2,1H3,(H,22,23)(H,24,25). The van der Waals surface area contributed by atoms with Gasteiger partial charge in [0.2, 0.25) is 5.91 Å². The molecule has 2 aromatic carbocycles. The number of rotatable bonds is 8. The number of carbonyl (C=O) groups excluding carboxylic acids is 1. The first-order valence-electron chi connectivity index (χ1n) is 8.00. The maximum atomic E-state index is 13.0. The van der Waals surface area contributed by atoms with E-state index >= 15 is 0 Å². The summed E-state index contributed by atoms with van der Waals surface area (Å²) >= 11 is 0. The van der Waals surface area contributed by atoms with Crippen LogP contribution in [0.3, 0.4) is 0 Å². The van der Waals surface area contributed by atoms with E-state index in [4.69, 9.17) is 4.74 Å². The van der Waals surface area contributed by atoms with Crippen LogP contribution >= 0.6 is 0 Å². The van der Waals surface area contributed by atoms with Crippen LogP contribution < -0.4 is 10.1 Å². The van der Waals surface area contributed by atoms with Crippen molar-refractivity contribution in [2.45, 2.75) is 25.3 Å². The van der Waals surface area contributed by atoms with E-state index in [-0.39, 0.29) is 24.4 Å². The van der Waals surface area contributed by atoms with Gasteiger partial charge in [-0.1, -0.05) is 12.1 Å². The van der Waals surface area contributed by atoms with Crippen molar-refractivity contribution in [3.8, 4) is 5.75 Å². The van der Waals surface area contributed by atoms with E-state index in [1.165, 1.54) is 43.3 Å². The molecule has 26 heavy (non-hydrogen) atoms. The molecule has 138 valence electrons. The van der Waals surface area contributed by atoms with Gasteiger partial charge < -0.3 is 15.2 Å². The Balaban J connectivity index is 1.88. The number of hydrogen-bond donors (Lipinski definition) is 2. The quantitative estimate of drug-likeness (QED) is 0.706. The molecule has 5 nitrogen and oxygen atoms in total. The Morgan fingerprint density at radius 2 is 1.58 bits per heavy atom. The van der Waals surface area contributed by atoms with Crippen molar-refractivity contribution in [2.75, 3.05) is 6.61 Å². The molecule has 0 radical (unpaired) electrons. The summed E-state index contributed by atoms with van der Waals surface area (Å²) in [6, 6.07) is 10.4. The van der Waals surface area contributed by atoms with Crippen LogP contribution in [0.5, 0.6) is 5.75 Å². The van der Waals surface area contributed by atoms with Crippen molar-refractivity contribution in [1.82, 2.24) is 5.32 Å². The lowest BCUT2D eigenvalue weighted by atomic mass is 9.91. The maximum Gasteiger partial charge on any atom is 0.333 e. The molecule has 7 heteroatoms. The van der Waals surface area contributed by atoms with Gasteiger partial charge in [0.05, 0.1) is 6.61 Å². The van der Waals surface area contributed by atoms with Gasteiger partial charge in [0.1, 0.15) is 17.4 Å². The van der Waals surface area contributed by atoms with Crippen LogP contribution in [-0.4, -0.2) is 23.6 Å². The minimum Gasteiger partial charge on any atom is -0.494 e. The van der Waals surface area contributed by atoms with Gasteiger partial charge in [-0.3, -0.25) is 4.79 Å². The molecule has 1 atom stereocenters. The summed E-state index contributed by atoms with van der Waals surface area (Å²) in [5.41, 5.74) is -1.40. The number of ether oxygens (including phenoxy) is 1. The van der Waals surface area contributed by atoms with E-state index in [9.17, 15) is 23.5 Å². The number of carboxylic acids is 1. The zero-order valence-corrected chi connectivity index (χ0v) is 14.2. The molecule has 0 saturated carbocycles. The highest BCUT2D eigenvalue weighted by molar-refractivity contribution is 5.87. The molecule has 0 spiro atoms. The number of benzene rings is 2. The molecule has 0 bridgehead atoms. The van der Waals surface area contributed by atoms with Crippen molar-refractivity contribution in [1.29, 1.82) is 0 Å². The second-order valence-electron chi connectivity index (χ2n) is 5.89. The molecule has 2 rings (SSSR count). The van der Waals surface area contributed by atoms with Gasteiger partial charge in [-0.2, -0.15) is 0 Å². The topological polar surface area (TPSA) is 75.6 Å². The van der Waals surface area contributed by atoms with Gasteiger partial charge in [-0.05, 0) is 55.3 Å². The van der Waals surface area contributed by atoms with E-state index in [0.717, 1.165) is 12.1 Å². The molecule has 0 aliphatic carbocycles. The highest BCUT2D eigenvalue weighted by atomic mass is 19.1. The molecule has 0 saturated heterocycles. The summed E-state index contributed by atoms with van der Waals surface area (Å²) in [5.74, 6) is -2.10. The number of carboxylic acid groups (broad SMARTS) is 1. The number of carbonyl (C=O) groups is 2. The second kappa shape index (κ2) is 8.42. The first kappa shape index (κ1) is 19.4. The van der Waals surface area contributed by atoms with Gasteiger partial charge in [0, 0.05) is 6.42 Å². The number of aliphatic carboxylic acids is 1. The van der Waals surface area contributed by atoms with Gasteiger partial charge in [-0.25, -0.2) is 13.6 Å². The van der Waals surface area contributed by atoms with Crippen LogP contribution in [0.25, 0.3) is 0 Å². The Morgan fingerprint density at radius 1 is 1.04 bits per heavy atom. The van der Waals surface area contributed by atoms with Gasteiger partial charge in [-0.15, -0.1) is 0 Å². The summed E-state index contributed by atoms with van der Waals surface area (Å²) in [4.78, 5) is 23.7. The zero-order chi connectivity index (χ0) is 19.2. The predicted octanol–water partition coefficient (Wildman–Crippen LogP) is 3.24. The minimum absolute atomic E-state index is 0.0469. The van der Waals surface area contributed by atoms with E-state index in [0.29, 0.717) is 12.2 Å². The molecule has 0 aliphatic rings. The molecule has 1 unspecified atom stereocenters. The first-order valence-corrected chi connectivity index (χ1v) is 8.00. The number of nitrogens with one attached hydrogen (secondary N) is 1. The molecule has 2 N–H and O–H groups in total. The second-order valence-corrected chi connectivity index (χ2v) is 5.89. The lowest BCUT2D eigenvalue weighted by Gasteiger charge is -2.27. The Morgan fingerprint density at radius 3 is 2.12 bits per heavy atom.